The van der Waals surface area contributed by atoms with Crippen LogP contribution in [0.2, 0.25) is 0 Å². The van der Waals surface area contributed by atoms with Crippen LogP contribution in [-0.4, -0.2) is 37.0 Å². The quantitative estimate of drug-likeness (QED) is 0.906. The van der Waals surface area contributed by atoms with E-state index in [1.807, 2.05) is 11.8 Å². The van der Waals surface area contributed by atoms with E-state index in [1.54, 1.807) is 6.92 Å². The van der Waals surface area contributed by atoms with Gasteiger partial charge in [0.2, 0.25) is 5.91 Å². The summed E-state index contributed by atoms with van der Waals surface area (Å²) >= 11 is 3.58. The molecule has 2 rings (SSSR count). The minimum absolute atomic E-state index is 0.0259. The summed E-state index contributed by atoms with van der Waals surface area (Å²) in [5.41, 5.74) is 8.20. The summed E-state index contributed by atoms with van der Waals surface area (Å²) in [6, 6.07) is 6.31. The summed E-state index contributed by atoms with van der Waals surface area (Å²) in [6.45, 7) is 6.95. The number of halogens is 1. The second-order valence-corrected chi connectivity index (χ2v) is 5.84. The number of nitrogens with two attached hydrogens (primary N) is 1. The number of anilines is 1. The number of hydrogen-bond acceptors (Lipinski definition) is 3. The van der Waals surface area contributed by atoms with Crippen LogP contribution in [0.5, 0.6) is 0 Å². The Balaban J connectivity index is 2.08. The van der Waals surface area contributed by atoms with Gasteiger partial charge < -0.3 is 15.5 Å². The predicted molar refractivity (Wildman–Crippen MR) is 81.2 cm³/mol. The molecular weight excluding hydrogens is 306 g/mol. The van der Waals surface area contributed by atoms with E-state index in [2.05, 4.69) is 39.0 Å². The van der Waals surface area contributed by atoms with Gasteiger partial charge in [0.15, 0.2) is 0 Å². The molecule has 0 radical (unpaired) electrons. The highest BCUT2D eigenvalue weighted by atomic mass is 79.9. The molecule has 1 amide bonds. The van der Waals surface area contributed by atoms with Crippen LogP contribution in [-0.2, 0) is 4.79 Å². The lowest BCUT2D eigenvalue weighted by molar-refractivity contribution is -0.129. The number of rotatable bonds is 2. The number of amides is 1. The second kappa shape index (κ2) is 5.92. The van der Waals surface area contributed by atoms with Crippen LogP contribution < -0.4 is 10.6 Å². The molecule has 1 fully saturated rings. The van der Waals surface area contributed by atoms with Gasteiger partial charge in [0.05, 0.1) is 0 Å². The van der Waals surface area contributed by atoms with E-state index in [0.717, 1.165) is 36.2 Å². The monoisotopic (exact) mass is 325 g/mol. The van der Waals surface area contributed by atoms with Crippen LogP contribution in [0.15, 0.2) is 22.7 Å². The molecule has 2 N–H and O–H groups in total. The Bertz CT molecular complexity index is 468. The van der Waals surface area contributed by atoms with Crippen LogP contribution >= 0.6 is 15.9 Å². The molecule has 0 bridgehead atoms. The van der Waals surface area contributed by atoms with E-state index in [0.29, 0.717) is 0 Å². The van der Waals surface area contributed by atoms with Crippen molar-refractivity contribution in [1.82, 2.24) is 4.90 Å². The lowest BCUT2D eigenvalue weighted by Gasteiger charge is -2.35. The summed E-state index contributed by atoms with van der Waals surface area (Å²) in [4.78, 5) is 15.5. The second-order valence-electron chi connectivity index (χ2n) is 4.99. The maximum atomic E-state index is 11.3. The Morgan fingerprint density at radius 1 is 1.32 bits per heavy atom. The van der Waals surface area contributed by atoms with Crippen LogP contribution in [0.3, 0.4) is 0 Å². The number of benzene rings is 1. The molecule has 1 heterocycles. The fourth-order valence-electron chi connectivity index (χ4n) is 2.36. The van der Waals surface area contributed by atoms with Gasteiger partial charge >= 0.3 is 0 Å². The van der Waals surface area contributed by atoms with Crippen LogP contribution in [0, 0.1) is 0 Å². The van der Waals surface area contributed by atoms with E-state index < -0.39 is 0 Å². The molecule has 0 aliphatic carbocycles. The molecule has 1 aliphatic heterocycles. The van der Waals surface area contributed by atoms with Crippen molar-refractivity contribution >= 4 is 27.5 Å². The first-order valence-electron chi connectivity index (χ1n) is 6.54. The number of piperazine rings is 1. The van der Waals surface area contributed by atoms with Crippen LogP contribution in [0.1, 0.15) is 25.5 Å². The van der Waals surface area contributed by atoms with Gasteiger partial charge in [-0.25, -0.2) is 0 Å². The normalized spacial score (nSPS) is 17.5. The van der Waals surface area contributed by atoms with Crippen molar-refractivity contribution in [3.05, 3.63) is 28.2 Å². The number of nitrogens with zero attached hydrogens (tertiary/aromatic N) is 2. The summed E-state index contributed by atoms with van der Waals surface area (Å²) in [6.07, 6.45) is 0. The van der Waals surface area contributed by atoms with E-state index >= 15 is 0 Å². The SMILES string of the molecule is CC(=O)N1CCN(c2ccc([C@H](C)N)c(Br)c2)CC1. The summed E-state index contributed by atoms with van der Waals surface area (Å²) in [7, 11) is 0. The minimum atomic E-state index is 0.0259. The van der Waals surface area contributed by atoms with Gasteiger partial charge in [-0.3, -0.25) is 4.79 Å². The molecule has 1 atom stereocenters. The molecule has 5 heteroatoms. The van der Waals surface area contributed by atoms with Crippen molar-refractivity contribution in [2.75, 3.05) is 31.1 Å². The largest absolute Gasteiger partial charge is 0.368 e. The highest BCUT2D eigenvalue weighted by molar-refractivity contribution is 9.10. The van der Waals surface area contributed by atoms with E-state index in [9.17, 15) is 4.79 Å². The molecule has 1 aliphatic rings. The minimum Gasteiger partial charge on any atom is -0.368 e. The Labute approximate surface area is 122 Å². The molecule has 1 saturated heterocycles. The highest BCUT2D eigenvalue weighted by Gasteiger charge is 2.19. The Kier molecular flexibility index (Phi) is 4.47. The maximum absolute atomic E-state index is 11.3. The standard InChI is InChI=1S/C14H20BrN3O/c1-10(16)13-4-3-12(9-14(13)15)18-7-5-17(6-8-18)11(2)19/h3-4,9-10H,5-8,16H2,1-2H3/t10-/m0/s1. The number of hydrogen-bond donors (Lipinski definition) is 1. The van der Waals surface area contributed by atoms with Crippen molar-refractivity contribution in [1.29, 1.82) is 0 Å². The molecule has 0 unspecified atom stereocenters. The predicted octanol–water partition coefficient (Wildman–Crippen LogP) is 2.14. The zero-order chi connectivity index (χ0) is 14.0. The van der Waals surface area contributed by atoms with Gasteiger partial charge in [-0.15, -0.1) is 0 Å². The molecule has 0 spiro atoms. The summed E-state index contributed by atoms with van der Waals surface area (Å²) in [5.74, 6) is 0.160. The smallest absolute Gasteiger partial charge is 0.219 e. The first-order valence-corrected chi connectivity index (χ1v) is 7.34. The molecule has 1 aromatic carbocycles. The average molecular weight is 326 g/mol. The maximum Gasteiger partial charge on any atom is 0.219 e. The molecule has 0 saturated carbocycles. The van der Waals surface area contributed by atoms with E-state index in [-0.39, 0.29) is 11.9 Å². The summed E-state index contributed by atoms with van der Waals surface area (Å²) < 4.78 is 1.05. The zero-order valence-corrected chi connectivity index (χ0v) is 13.0. The van der Waals surface area contributed by atoms with Crippen molar-refractivity contribution in [2.45, 2.75) is 19.9 Å². The van der Waals surface area contributed by atoms with E-state index in [1.165, 1.54) is 5.69 Å². The Hall–Kier alpha value is -1.07. The van der Waals surface area contributed by atoms with Gasteiger partial charge in [-0.2, -0.15) is 0 Å². The molecular formula is C14H20BrN3O. The Morgan fingerprint density at radius 2 is 1.95 bits per heavy atom. The third-order valence-electron chi connectivity index (χ3n) is 3.56. The van der Waals surface area contributed by atoms with Gasteiger partial charge in [0.1, 0.15) is 0 Å². The topological polar surface area (TPSA) is 49.6 Å². The third-order valence-corrected chi connectivity index (χ3v) is 4.25. The average Bonchev–Trinajstić information content (AvgIpc) is 2.38. The van der Waals surface area contributed by atoms with Gasteiger partial charge in [0, 0.05) is 49.3 Å². The van der Waals surface area contributed by atoms with Gasteiger partial charge in [0.25, 0.3) is 0 Å². The molecule has 4 nitrogen and oxygen atoms in total. The molecule has 19 heavy (non-hydrogen) atoms. The fraction of sp³-hybridized carbons (Fsp3) is 0.500. The number of carbonyl (C=O) groups excluding carboxylic acids is 1. The van der Waals surface area contributed by atoms with Gasteiger partial charge in [-0.1, -0.05) is 22.0 Å². The lowest BCUT2D eigenvalue weighted by atomic mass is 10.1. The van der Waals surface area contributed by atoms with Crippen LogP contribution in [0.4, 0.5) is 5.69 Å². The number of carbonyl (C=O) groups is 1. The van der Waals surface area contributed by atoms with Crippen LogP contribution in [0.25, 0.3) is 0 Å². The van der Waals surface area contributed by atoms with Crippen molar-refractivity contribution < 1.29 is 4.79 Å². The third kappa shape index (κ3) is 3.28. The molecule has 104 valence electrons. The fourth-order valence-corrected chi connectivity index (χ4v) is 3.09. The summed E-state index contributed by atoms with van der Waals surface area (Å²) in [5, 5.41) is 0. The zero-order valence-electron chi connectivity index (χ0n) is 11.4. The molecule has 0 aromatic heterocycles. The van der Waals surface area contributed by atoms with Crippen molar-refractivity contribution in [3.63, 3.8) is 0 Å². The van der Waals surface area contributed by atoms with Crippen molar-refractivity contribution in [3.8, 4) is 0 Å². The highest BCUT2D eigenvalue weighted by Crippen LogP contribution is 2.28. The van der Waals surface area contributed by atoms with E-state index in [4.69, 9.17) is 5.73 Å². The Morgan fingerprint density at radius 3 is 2.42 bits per heavy atom. The van der Waals surface area contributed by atoms with Gasteiger partial charge in [-0.05, 0) is 24.6 Å². The first kappa shape index (κ1) is 14.3. The molecule has 1 aromatic rings. The lowest BCUT2D eigenvalue weighted by Crippen LogP contribution is -2.48. The first-order chi connectivity index (χ1) is 8.99. The van der Waals surface area contributed by atoms with Crippen molar-refractivity contribution in [2.24, 2.45) is 5.73 Å².